The Hall–Kier alpha value is -0.830. The Bertz CT molecular complexity index is 207. The Morgan fingerprint density at radius 3 is 3.00 bits per heavy atom. The number of allylic oxidation sites excluding steroid dienone is 1. The van der Waals surface area contributed by atoms with Gasteiger partial charge >= 0.3 is 0 Å². The summed E-state index contributed by atoms with van der Waals surface area (Å²) in [5.74, 6) is 0. The summed E-state index contributed by atoms with van der Waals surface area (Å²) >= 11 is 0. The van der Waals surface area contributed by atoms with Crippen LogP contribution in [0, 0.1) is 5.21 Å². The quantitative estimate of drug-likeness (QED) is 0.219. The fraction of sp³-hybridized carbons (Fsp3) is 0.700. The van der Waals surface area contributed by atoms with Crippen LogP contribution in [0.25, 0.3) is 0 Å². The van der Waals surface area contributed by atoms with Crippen LogP contribution in [0.4, 0.5) is 0 Å². The maximum absolute atomic E-state index is 10.7. The molecule has 0 aliphatic heterocycles. The molecule has 0 bridgehead atoms. The topological polar surface area (TPSA) is 35.3 Å². The standard InChI is InChI=1S/C10H17NO2/c1-9(8-11(2)12)13-10-6-4-3-5-7-10/h4,6,8-10H,3,5,7H2,1-2H3/b11-8-/t9-,10+/m0/s1. The van der Waals surface area contributed by atoms with Crippen LogP contribution in [0.3, 0.4) is 0 Å². The van der Waals surface area contributed by atoms with Crippen LogP contribution in [0.15, 0.2) is 12.2 Å². The smallest absolute Gasteiger partial charge is 0.179 e. The lowest BCUT2D eigenvalue weighted by atomic mass is 10.1. The summed E-state index contributed by atoms with van der Waals surface area (Å²) in [7, 11) is 1.47. The zero-order chi connectivity index (χ0) is 9.68. The molecule has 0 amide bonds. The van der Waals surface area contributed by atoms with Gasteiger partial charge in [-0.1, -0.05) is 12.2 Å². The largest absolute Gasteiger partial charge is 0.624 e. The summed E-state index contributed by atoms with van der Waals surface area (Å²) in [6, 6.07) is 0. The molecular formula is C10H17NO2. The first-order valence-corrected chi connectivity index (χ1v) is 4.75. The molecule has 0 heterocycles. The van der Waals surface area contributed by atoms with Crippen LogP contribution >= 0.6 is 0 Å². The van der Waals surface area contributed by atoms with Crippen molar-refractivity contribution in [3.8, 4) is 0 Å². The summed E-state index contributed by atoms with van der Waals surface area (Å²) in [4.78, 5) is 0. The molecule has 0 aromatic carbocycles. The summed E-state index contributed by atoms with van der Waals surface area (Å²) in [6.45, 7) is 1.89. The van der Waals surface area contributed by atoms with Crippen LogP contribution in [-0.4, -0.2) is 30.2 Å². The van der Waals surface area contributed by atoms with Crippen molar-refractivity contribution >= 4 is 6.21 Å². The van der Waals surface area contributed by atoms with Gasteiger partial charge in [0.1, 0.15) is 13.2 Å². The van der Waals surface area contributed by atoms with Crippen LogP contribution in [0.1, 0.15) is 26.2 Å². The van der Waals surface area contributed by atoms with E-state index in [1.807, 2.05) is 6.92 Å². The molecular weight excluding hydrogens is 166 g/mol. The third-order valence-electron chi connectivity index (χ3n) is 2.02. The molecule has 1 rings (SSSR count). The molecule has 74 valence electrons. The number of hydrogen-bond donors (Lipinski definition) is 0. The summed E-state index contributed by atoms with van der Waals surface area (Å²) in [5.41, 5.74) is 0. The van der Waals surface area contributed by atoms with Crippen molar-refractivity contribution in [2.75, 3.05) is 7.05 Å². The van der Waals surface area contributed by atoms with Gasteiger partial charge in [0, 0.05) is 0 Å². The highest BCUT2D eigenvalue weighted by atomic mass is 16.5. The van der Waals surface area contributed by atoms with E-state index in [1.54, 1.807) is 0 Å². The Labute approximate surface area is 79.3 Å². The molecule has 0 N–H and O–H groups in total. The van der Waals surface area contributed by atoms with Crippen LogP contribution < -0.4 is 0 Å². The van der Waals surface area contributed by atoms with Gasteiger partial charge in [-0.05, 0) is 26.2 Å². The SMILES string of the molecule is C[C@@H](/C=[N+](/C)[O-])O[C@@H]1C=CCCC1. The average molecular weight is 183 g/mol. The lowest BCUT2D eigenvalue weighted by molar-refractivity contribution is -0.420. The van der Waals surface area contributed by atoms with E-state index >= 15 is 0 Å². The van der Waals surface area contributed by atoms with Gasteiger partial charge in [-0.2, -0.15) is 0 Å². The van der Waals surface area contributed by atoms with Crippen LogP contribution in [-0.2, 0) is 4.74 Å². The van der Waals surface area contributed by atoms with E-state index in [2.05, 4.69) is 12.2 Å². The van der Waals surface area contributed by atoms with Crippen molar-refractivity contribution in [3.63, 3.8) is 0 Å². The first-order valence-electron chi connectivity index (χ1n) is 4.75. The van der Waals surface area contributed by atoms with Gasteiger partial charge in [0.05, 0.1) is 6.10 Å². The van der Waals surface area contributed by atoms with Crippen molar-refractivity contribution in [1.82, 2.24) is 0 Å². The van der Waals surface area contributed by atoms with Gasteiger partial charge < -0.3 is 9.94 Å². The highest BCUT2D eigenvalue weighted by Crippen LogP contribution is 2.14. The van der Waals surface area contributed by atoms with Gasteiger partial charge in [-0.25, -0.2) is 4.74 Å². The van der Waals surface area contributed by atoms with E-state index in [1.165, 1.54) is 19.7 Å². The number of rotatable bonds is 3. The van der Waals surface area contributed by atoms with Crippen molar-refractivity contribution in [3.05, 3.63) is 17.4 Å². The minimum absolute atomic E-state index is 0.102. The van der Waals surface area contributed by atoms with Gasteiger partial charge in [-0.3, -0.25) is 0 Å². The van der Waals surface area contributed by atoms with Crippen LogP contribution in [0.2, 0.25) is 0 Å². The molecule has 0 radical (unpaired) electrons. The van der Waals surface area contributed by atoms with E-state index < -0.39 is 0 Å². The molecule has 13 heavy (non-hydrogen) atoms. The monoisotopic (exact) mass is 183 g/mol. The molecule has 1 aliphatic rings. The zero-order valence-corrected chi connectivity index (χ0v) is 8.27. The second-order valence-corrected chi connectivity index (χ2v) is 3.43. The Kier molecular flexibility index (Phi) is 3.96. The second-order valence-electron chi connectivity index (χ2n) is 3.43. The van der Waals surface area contributed by atoms with Crippen LogP contribution in [0.5, 0.6) is 0 Å². The fourth-order valence-electron chi connectivity index (χ4n) is 1.50. The predicted molar refractivity (Wildman–Crippen MR) is 52.9 cm³/mol. The Morgan fingerprint density at radius 1 is 1.69 bits per heavy atom. The maximum Gasteiger partial charge on any atom is 0.179 e. The highest BCUT2D eigenvalue weighted by Gasteiger charge is 2.12. The Balaban J connectivity index is 2.34. The van der Waals surface area contributed by atoms with Crippen molar-refractivity contribution < 1.29 is 9.48 Å². The van der Waals surface area contributed by atoms with Gasteiger partial charge in [0.2, 0.25) is 0 Å². The second kappa shape index (κ2) is 5.02. The average Bonchev–Trinajstić information content (AvgIpc) is 2.04. The molecule has 1 aliphatic carbocycles. The molecule has 0 saturated heterocycles. The van der Waals surface area contributed by atoms with E-state index in [-0.39, 0.29) is 12.2 Å². The molecule has 0 saturated carbocycles. The van der Waals surface area contributed by atoms with E-state index in [4.69, 9.17) is 4.74 Å². The van der Waals surface area contributed by atoms with E-state index in [9.17, 15) is 5.21 Å². The Morgan fingerprint density at radius 2 is 2.46 bits per heavy atom. The number of hydrogen-bond acceptors (Lipinski definition) is 2. The predicted octanol–water partition coefficient (Wildman–Crippen LogP) is 1.71. The number of ether oxygens (including phenoxy) is 1. The molecule has 2 atom stereocenters. The summed E-state index contributed by atoms with van der Waals surface area (Å²) < 4.78 is 6.41. The van der Waals surface area contributed by atoms with Gasteiger partial charge in [-0.15, -0.1) is 0 Å². The summed E-state index contributed by atoms with van der Waals surface area (Å²) in [5, 5.41) is 10.7. The first kappa shape index (κ1) is 10.3. The van der Waals surface area contributed by atoms with Crippen molar-refractivity contribution in [2.45, 2.75) is 38.4 Å². The van der Waals surface area contributed by atoms with Gasteiger partial charge in [0.25, 0.3) is 0 Å². The molecule has 0 aromatic rings. The third kappa shape index (κ3) is 4.08. The molecule has 0 aromatic heterocycles. The molecule has 3 heteroatoms. The summed E-state index contributed by atoms with van der Waals surface area (Å²) in [6.07, 6.45) is 9.25. The third-order valence-corrected chi connectivity index (χ3v) is 2.02. The first-order chi connectivity index (χ1) is 6.18. The normalized spacial score (nSPS) is 26.0. The van der Waals surface area contributed by atoms with Crippen molar-refractivity contribution in [1.29, 1.82) is 0 Å². The highest BCUT2D eigenvalue weighted by molar-refractivity contribution is 5.56. The van der Waals surface area contributed by atoms with Gasteiger partial charge in [0.15, 0.2) is 6.21 Å². The maximum atomic E-state index is 10.7. The van der Waals surface area contributed by atoms with E-state index in [0.29, 0.717) is 0 Å². The molecule has 0 spiro atoms. The number of nitrogens with zero attached hydrogens (tertiary/aromatic N) is 1. The molecule has 0 unspecified atom stereocenters. The lowest BCUT2D eigenvalue weighted by Gasteiger charge is -2.19. The number of hydroxylamine groups is 1. The fourth-order valence-corrected chi connectivity index (χ4v) is 1.50. The van der Waals surface area contributed by atoms with Crippen molar-refractivity contribution in [2.24, 2.45) is 0 Å². The van der Waals surface area contributed by atoms with E-state index in [0.717, 1.165) is 17.6 Å². The molecule has 0 fully saturated rings. The lowest BCUT2D eigenvalue weighted by Crippen LogP contribution is -2.23. The minimum Gasteiger partial charge on any atom is -0.624 e. The molecule has 3 nitrogen and oxygen atoms in total. The minimum atomic E-state index is -0.102. The zero-order valence-electron chi connectivity index (χ0n) is 8.27.